The van der Waals surface area contributed by atoms with E-state index in [4.69, 9.17) is 0 Å². The van der Waals surface area contributed by atoms with E-state index in [9.17, 15) is 9.59 Å². The maximum atomic E-state index is 13.7. The second-order valence-corrected chi connectivity index (χ2v) is 11.1. The molecule has 190 valence electrons. The monoisotopic (exact) mass is 566 g/mol. The number of nitrogens with zero attached hydrogens (tertiary/aromatic N) is 1. The van der Waals surface area contributed by atoms with Crippen molar-refractivity contribution in [2.75, 3.05) is 5.75 Å². The molecule has 2 unspecified atom stereocenters. The van der Waals surface area contributed by atoms with E-state index < -0.39 is 6.04 Å². The maximum Gasteiger partial charge on any atom is 0.243 e. The van der Waals surface area contributed by atoms with E-state index in [1.165, 1.54) is 11.1 Å². The highest BCUT2D eigenvalue weighted by Gasteiger charge is 2.30. The van der Waals surface area contributed by atoms with Crippen LogP contribution in [0.4, 0.5) is 0 Å². The Bertz CT molecular complexity index is 1120. The third-order valence-electron chi connectivity index (χ3n) is 6.12. The molecule has 0 saturated carbocycles. The van der Waals surface area contributed by atoms with Crippen molar-refractivity contribution in [3.63, 3.8) is 0 Å². The van der Waals surface area contributed by atoms with Crippen molar-refractivity contribution in [2.45, 2.75) is 58.0 Å². The van der Waals surface area contributed by atoms with E-state index in [1.807, 2.05) is 74.5 Å². The summed E-state index contributed by atoms with van der Waals surface area (Å²) < 4.78 is 0.980. The normalized spacial score (nSPS) is 12.6. The van der Waals surface area contributed by atoms with Gasteiger partial charge in [0.25, 0.3) is 0 Å². The van der Waals surface area contributed by atoms with Gasteiger partial charge in [-0.3, -0.25) is 9.59 Å². The van der Waals surface area contributed by atoms with E-state index in [1.54, 1.807) is 16.7 Å². The van der Waals surface area contributed by atoms with Crippen LogP contribution in [0.25, 0.3) is 0 Å². The molecule has 6 heteroatoms. The summed E-state index contributed by atoms with van der Waals surface area (Å²) in [4.78, 5) is 29.0. The molecule has 0 heterocycles. The Balaban J connectivity index is 1.85. The van der Waals surface area contributed by atoms with Gasteiger partial charge in [-0.05, 0) is 49.1 Å². The zero-order chi connectivity index (χ0) is 25.9. The van der Waals surface area contributed by atoms with Crippen LogP contribution in [-0.4, -0.2) is 34.6 Å². The third-order valence-corrected chi connectivity index (χ3v) is 7.63. The maximum absolute atomic E-state index is 13.7. The van der Waals surface area contributed by atoms with Gasteiger partial charge in [-0.15, -0.1) is 11.8 Å². The van der Waals surface area contributed by atoms with Crippen LogP contribution in [0, 0.1) is 6.92 Å². The van der Waals surface area contributed by atoms with Gasteiger partial charge >= 0.3 is 0 Å². The molecule has 1 N–H and O–H groups in total. The van der Waals surface area contributed by atoms with Crippen molar-refractivity contribution in [3.05, 3.63) is 106 Å². The van der Waals surface area contributed by atoms with Crippen LogP contribution in [0.1, 0.15) is 42.5 Å². The molecule has 0 bridgehead atoms. The minimum atomic E-state index is -0.600. The van der Waals surface area contributed by atoms with Gasteiger partial charge in [-0.1, -0.05) is 95.1 Å². The Hall–Kier alpha value is -2.57. The molecular weight excluding hydrogens is 532 g/mol. The van der Waals surface area contributed by atoms with Gasteiger partial charge in [0.05, 0.1) is 5.75 Å². The molecule has 0 radical (unpaired) electrons. The minimum absolute atomic E-state index is 0.0317. The predicted molar refractivity (Wildman–Crippen MR) is 154 cm³/mol. The van der Waals surface area contributed by atoms with Crippen molar-refractivity contribution in [2.24, 2.45) is 0 Å². The van der Waals surface area contributed by atoms with Gasteiger partial charge in [0.1, 0.15) is 6.04 Å². The van der Waals surface area contributed by atoms with E-state index in [2.05, 4.69) is 46.4 Å². The van der Waals surface area contributed by atoms with Crippen molar-refractivity contribution in [1.29, 1.82) is 0 Å². The molecule has 0 saturated heterocycles. The van der Waals surface area contributed by atoms with Crippen molar-refractivity contribution in [1.82, 2.24) is 10.2 Å². The van der Waals surface area contributed by atoms with Crippen molar-refractivity contribution < 1.29 is 9.59 Å². The molecule has 0 aliphatic carbocycles. The lowest BCUT2D eigenvalue weighted by Gasteiger charge is -2.32. The van der Waals surface area contributed by atoms with Gasteiger partial charge < -0.3 is 10.2 Å². The van der Waals surface area contributed by atoms with Crippen LogP contribution in [-0.2, 0) is 28.3 Å². The number of benzene rings is 3. The first-order valence-electron chi connectivity index (χ1n) is 12.4. The van der Waals surface area contributed by atoms with E-state index in [0.717, 1.165) is 27.8 Å². The molecule has 2 atom stereocenters. The van der Waals surface area contributed by atoms with Crippen LogP contribution >= 0.6 is 27.7 Å². The second kappa shape index (κ2) is 14.2. The number of hydrogen-bond donors (Lipinski definition) is 1. The van der Waals surface area contributed by atoms with Crippen LogP contribution < -0.4 is 5.32 Å². The molecule has 0 aliphatic heterocycles. The number of carbonyl (C=O) groups is 2. The highest BCUT2D eigenvalue weighted by molar-refractivity contribution is 9.10. The lowest BCUT2D eigenvalue weighted by Crippen LogP contribution is -2.52. The number of amides is 2. The fourth-order valence-electron chi connectivity index (χ4n) is 3.92. The van der Waals surface area contributed by atoms with E-state index in [0.29, 0.717) is 18.7 Å². The summed E-state index contributed by atoms with van der Waals surface area (Å²) in [5.74, 6) is 0.923. The number of carbonyl (C=O) groups excluding carboxylic acids is 2. The summed E-state index contributed by atoms with van der Waals surface area (Å²) in [7, 11) is 0. The molecule has 4 nitrogen and oxygen atoms in total. The Kier molecular flexibility index (Phi) is 11.1. The van der Waals surface area contributed by atoms with Gasteiger partial charge in [0.2, 0.25) is 11.8 Å². The molecule has 0 fully saturated rings. The summed E-state index contributed by atoms with van der Waals surface area (Å²) in [5, 5.41) is 3.12. The highest BCUT2D eigenvalue weighted by atomic mass is 79.9. The van der Waals surface area contributed by atoms with Gasteiger partial charge in [-0.2, -0.15) is 0 Å². The number of halogens is 1. The number of aryl methyl sites for hydroxylation is 1. The Morgan fingerprint density at radius 1 is 0.944 bits per heavy atom. The molecular formula is C30H35BrN2O2S. The lowest BCUT2D eigenvalue weighted by atomic mass is 10.0. The molecule has 0 spiro atoms. The quantitative estimate of drug-likeness (QED) is 0.270. The average molecular weight is 568 g/mol. The molecule has 3 rings (SSSR count). The molecule has 2 amide bonds. The van der Waals surface area contributed by atoms with E-state index >= 15 is 0 Å². The first kappa shape index (κ1) is 28.0. The number of nitrogens with one attached hydrogen (secondary N) is 1. The number of rotatable bonds is 12. The first-order valence-corrected chi connectivity index (χ1v) is 14.3. The standard InChI is InChI=1S/C30H35BrN2O2S/c1-4-23(3)32-30(35)28(18-24-10-6-5-7-11-24)33(19-25-13-15-27(31)16-14-25)29(34)21-36-20-26-12-8-9-22(2)17-26/h5-17,23,28H,4,18-21H2,1-3H3,(H,32,35). The summed E-state index contributed by atoms with van der Waals surface area (Å²) in [5.41, 5.74) is 4.43. The van der Waals surface area contributed by atoms with Gasteiger partial charge in [0, 0.05) is 29.2 Å². The van der Waals surface area contributed by atoms with Crippen LogP contribution in [0.2, 0.25) is 0 Å². The number of hydrogen-bond acceptors (Lipinski definition) is 3. The topological polar surface area (TPSA) is 49.4 Å². The molecule has 0 aromatic heterocycles. The SMILES string of the molecule is CCC(C)NC(=O)C(Cc1ccccc1)N(Cc1ccc(Br)cc1)C(=O)CSCc1cccc(C)c1. The third kappa shape index (κ3) is 8.82. The highest BCUT2D eigenvalue weighted by Crippen LogP contribution is 2.20. The average Bonchev–Trinajstić information content (AvgIpc) is 2.87. The molecule has 36 heavy (non-hydrogen) atoms. The Morgan fingerprint density at radius 2 is 1.64 bits per heavy atom. The van der Waals surface area contributed by atoms with Gasteiger partial charge in [0.15, 0.2) is 0 Å². The molecule has 3 aromatic carbocycles. The number of thioether (sulfide) groups is 1. The van der Waals surface area contributed by atoms with Crippen molar-refractivity contribution >= 4 is 39.5 Å². The summed E-state index contributed by atoms with van der Waals surface area (Å²) in [6.07, 6.45) is 1.30. The van der Waals surface area contributed by atoms with Crippen LogP contribution in [0.15, 0.2) is 83.3 Å². The Labute approximate surface area is 228 Å². The first-order chi connectivity index (χ1) is 17.4. The second-order valence-electron chi connectivity index (χ2n) is 9.15. The molecule has 0 aliphatic rings. The van der Waals surface area contributed by atoms with E-state index in [-0.39, 0.29) is 17.9 Å². The molecule has 3 aromatic rings. The zero-order valence-electron chi connectivity index (χ0n) is 21.2. The summed E-state index contributed by atoms with van der Waals surface area (Å²) >= 11 is 5.07. The summed E-state index contributed by atoms with van der Waals surface area (Å²) in [6.45, 7) is 6.49. The van der Waals surface area contributed by atoms with Crippen LogP contribution in [0.5, 0.6) is 0 Å². The van der Waals surface area contributed by atoms with Crippen LogP contribution in [0.3, 0.4) is 0 Å². The Morgan fingerprint density at radius 3 is 2.31 bits per heavy atom. The zero-order valence-corrected chi connectivity index (χ0v) is 23.6. The predicted octanol–water partition coefficient (Wildman–Crippen LogP) is 6.55. The van der Waals surface area contributed by atoms with Crippen molar-refractivity contribution in [3.8, 4) is 0 Å². The fraction of sp³-hybridized carbons (Fsp3) is 0.333. The largest absolute Gasteiger partial charge is 0.352 e. The van der Waals surface area contributed by atoms with Gasteiger partial charge in [-0.25, -0.2) is 0 Å². The summed E-state index contributed by atoms with van der Waals surface area (Å²) in [6, 6.07) is 25.6. The lowest BCUT2D eigenvalue weighted by molar-refractivity contribution is -0.139. The minimum Gasteiger partial charge on any atom is -0.352 e. The fourth-order valence-corrected chi connectivity index (χ4v) is 5.04. The smallest absolute Gasteiger partial charge is 0.243 e.